The molecule has 4 heteroatoms. The summed E-state index contributed by atoms with van der Waals surface area (Å²) in [7, 11) is 0. The molecule has 13 heavy (non-hydrogen) atoms. The second-order valence-electron chi connectivity index (χ2n) is 2.66. The summed E-state index contributed by atoms with van der Waals surface area (Å²) in [5.41, 5.74) is 5.34. The lowest BCUT2D eigenvalue weighted by Crippen LogP contribution is -2.04. The highest BCUT2D eigenvalue weighted by atomic mass is 32.2. The van der Waals surface area contributed by atoms with E-state index in [1.54, 1.807) is 0 Å². The molecule has 0 unspecified atom stereocenters. The lowest BCUT2D eigenvalue weighted by Gasteiger charge is -2.01. The van der Waals surface area contributed by atoms with Gasteiger partial charge in [-0.1, -0.05) is 0 Å². The van der Waals surface area contributed by atoms with Crippen LogP contribution >= 0.6 is 11.8 Å². The minimum Gasteiger partial charge on any atom is -0.466 e. The molecule has 0 aromatic carbocycles. The lowest BCUT2D eigenvalue weighted by molar-refractivity contribution is -0.143. The second-order valence-corrected chi connectivity index (χ2v) is 3.89. The Morgan fingerprint density at radius 3 is 2.77 bits per heavy atom. The van der Waals surface area contributed by atoms with Crippen LogP contribution in [0.1, 0.15) is 26.2 Å². The summed E-state index contributed by atoms with van der Waals surface area (Å²) in [5.74, 6) is 2.03. The number of carbonyl (C=O) groups excluding carboxylic acids is 1. The van der Waals surface area contributed by atoms with Crippen LogP contribution in [0.5, 0.6) is 0 Å². The standard InChI is InChI=1S/C9H19NO2S/c1-2-12-9(11)5-3-4-7-13-8-6-10/h2-8,10H2,1H3. The molecule has 0 aromatic rings. The van der Waals surface area contributed by atoms with Crippen molar-refractivity contribution in [1.29, 1.82) is 0 Å². The number of rotatable bonds is 8. The number of ether oxygens (including phenoxy) is 1. The van der Waals surface area contributed by atoms with Crippen LogP contribution in [0.4, 0.5) is 0 Å². The molecular formula is C9H19NO2S. The van der Waals surface area contributed by atoms with E-state index in [1.807, 2.05) is 18.7 Å². The van der Waals surface area contributed by atoms with Crippen LogP contribution in [-0.2, 0) is 9.53 Å². The molecule has 78 valence electrons. The summed E-state index contributed by atoms with van der Waals surface area (Å²) in [5, 5.41) is 0. The van der Waals surface area contributed by atoms with Crippen LogP contribution in [0.2, 0.25) is 0 Å². The zero-order chi connectivity index (χ0) is 9.94. The van der Waals surface area contributed by atoms with Crippen LogP contribution in [0.25, 0.3) is 0 Å². The zero-order valence-corrected chi connectivity index (χ0v) is 9.07. The van der Waals surface area contributed by atoms with Crippen molar-refractivity contribution in [3.63, 3.8) is 0 Å². The summed E-state index contributed by atoms with van der Waals surface area (Å²) in [6, 6.07) is 0. The maximum Gasteiger partial charge on any atom is 0.305 e. The van der Waals surface area contributed by atoms with E-state index in [4.69, 9.17) is 10.5 Å². The van der Waals surface area contributed by atoms with E-state index >= 15 is 0 Å². The van der Waals surface area contributed by atoms with E-state index in [-0.39, 0.29) is 5.97 Å². The highest BCUT2D eigenvalue weighted by Crippen LogP contribution is 2.05. The smallest absolute Gasteiger partial charge is 0.305 e. The fourth-order valence-corrected chi connectivity index (χ4v) is 1.67. The predicted octanol–water partition coefficient (Wildman–Crippen LogP) is 1.41. The quantitative estimate of drug-likeness (QED) is 0.481. The first-order chi connectivity index (χ1) is 6.31. The number of nitrogens with two attached hydrogens (primary N) is 1. The van der Waals surface area contributed by atoms with E-state index in [9.17, 15) is 4.79 Å². The monoisotopic (exact) mass is 205 g/mol. The maximum atomic E-state index is 10.9. The van der Waals surface area contributed by atoms with Gasteiger partial charge in [-0.15, -0.1) is 0 Å². The number of carbonyl (C=O) groups is 1. The normalized spacial score (nSPS) is 10.0. The largest absolute Gasteiger partial charge is 0.466 e. The van der Waals surface area contributed by atoms with E-state index in [1.165, 1.54) is 0 Å². The van der Waals surface area contributed by atoms with Crippen molar-refractivity contribution in [3.05, 3.63) is 0 Å². The fraction of sp³-hybridized carbons (Fsp3) is 0.889. The predicted molar refractivity (Wildman–Crippen MR) is 56.9 cm³/mol. The second kappa shape index (κ2) is 9.86. The molecule has 0 fully saturated rings. The molecule has 0 aliphatic carbocycles. The van der Waals surface area contributed by atoms with Crippen LogP contribution < -0.4 is 5.73 Å². The molecular weight excluding hydrogens is 186 g/mol. The molecule has 0 aliphatic heterocycles. The van der Waals surface area contributed by atoms with E-state index < -0.39 is 0 Å². The molecule has 0 spiro atoms. The Hall–Kier alpha value is -0.220. The number of esters is 1. The molecule has 0 heterocycles. The van der Waals surface area contributed by atoms with Gasteiger partial charge in [0.1, 0.15) is 0 Å². The van der Waals surface area contributed by atoms with Gasteiger partial charge >= 0.3 is 5.97 Å². The van der Waals surface area contributed by atoms with Gasteiger partial charge < -0.3 is 10.5 Å². The number of hydrogen-bond donors (Lipinski definition) is 1. The Morgan fingerprint density at radius 2 is 2.15 bits per heavy atom. The number of thioether (sulfide) groups is 1. The van der Waals surface area contributed by atoms with Gasteiger partial charge in [0.25, 0.3) is 0 Å². The van der Waals surface area contributed by atoms with Gasteiger partial charge in [0.15, 0.2) is 0 Å². The molecule has 3 nitrogen and oxygen atoms in total. The Bertz CT molecular complexity index is 131. The fourth-order valence-electron chi connectivity index (χ4n) is 0.892. The summed E-state index contributed by atoms with van der Waals surface area (Å²) in [4.78, 5) is 10.9. The Morgan fingerprint density at radius 1 is 1.38 bits per heavy atom. The van der Waals surface area contributed by atoms with E-state index in [0.29, 0.717) is 13.0 Å². The maximum absolute atomic E-state index is 10.9. The molecule has 2 N–H and O–H groups in total. The minimum atomic E-state index is -0.0775. The molecule has 0 amide bonds. The van der Waals surface area contributed by atoms with Crippen LogP contribution in [0.3, 0.4) is 0 Å². The van der Waals surface area contributed by atoms with Crippen molar-refractivity contribution in [3.8, 4) is 0 Å². The van der Waals surface area contributed by atoms with Gasteiger partial charge in [0.05, 0.1) is 6.61 Å². The van der Waals surface area contributed by atoms with Crippen molar-refractivity contribution in [2.24, 2.45) is 5.73 Å². The molecule has 0 saturated carbocycles. The summed E-state index contributed by atoms with van der Waals surface area (Å²) in [6.45, 7) is 3.05. The average molecular weight is 205 g/mol. The van der Waals surface area contributed by atoms with Crippen LogP contribution in [0, 0.1) is 0 Å². The van der Waals surface area contributed by atoms with Crippen molar-refractivity contribution in [2.75, 3.05) is 24.7 Å². The third kappa shape index (κ3) is 9.70. The summed E-state index contributed by atoms with van der Waals surface area (Å²) >= 11 is 1.84. The van der Waals surface area contributed by atoms with Gasteiger partial charge in [0, 0.05) is 18.7 Å². The molecule has 0 saturated heterocycles. The third-order valence-electron chi connectivity index (χ3n) is 1.49. The Labute approximate surface area is 84.4 Å². The first-order valence-electron chi connectivity index (χ1n) is 4.74. The summed E-state index contributed by atoms with van der Waals surface area (Å²) in [6.07, 6.45) is 2.55. The van der Waals surface area contributed by atoms with E-state index in [0.717, 1.165) is 30.9 Å². The third-order valence-corrected chi connectivity index (χ3v) is 2.59. The van der Waals surface area contributed by atoms with E-state index in [2.05, 4.69) is 0 Å². The first kappa shape index (κ1) is 12.8. The number of unbranched alkanes of at least 4 members (excludes halogenated alkanes) is 1. The average Bonchev–Trinajstić information content (AvgIpc) is 2.11. The highest BCUT2D eigenvalue weighted by Gasteiger charge is 1.99. The first-order valence-corrected chi connectivity index (χ1v) is 5.90. The molecule has 0 rings (SSSR count). The lowest BCUT2D eigenvalue weighted by atomic mass is 10.2. The van der Waals surface area contributed by atoms with Crippen molar-refractivity contribution in [2.45, 2.75) is 26.2 Å². The molecule has 0 atom stereocenters. The Kier molecular flexibility index (Phi) is 9.70. The highest BCUT2D eigenvalue weighted by molar-refractivity contribution is 7.99. The SMILES string of the molecule is CCOC(=O)CCCCSCCN. The minimum absolute atomic E-state index is 0.0775. The number of hydrogen-bond acceptors (Lipinski definition) is 4. The van der Waals surface area contributed by atoms with Crippen molar-refractivity contribution >= 4 is 17.7 Å². The molecule has 0 aromatic heterocycles. The summed E-state index contributed by atoms with van der Waals surface area (Å²) < 4.78 is 4.80. The van der Waals surface area contributed by atoms with Crippen molar-refractivity contribution in [1.82, 2.24) is 0 Å². The molecule has 0 radical (unpaired) electrons. The topological polar surface area (TPSA) is 52.3 Å². The van der Waals surface area contributed by atoms with Gasteiger partial charge in [-0.2, -0.15) is 11.8 Å². The van der Waals surface area contributed by atoms with Gasteiger partial charge in [0.2, 0.25) is 0 Å². The van der Waals surface area contributed by atoms with Gasteiger partial charge in [-0.3, -0.25) is 4.79 Å². The van der Waals surface area contributed by atoms with Crippen LogP contribution in [0.15, 0.2) is 0 Å². The van der Waals surface area contributed by atoms with Crippen molar-refractivity contribution < 1.29 is 9.53 Å². The molecule has 0 aliphatic rings. The van der Waals surface area contributed by atoms with Gasteiger partial charge in [-0.25, -0.2) is 0 Å². The zero-order valence-electron chi connectivity index (χ0n) is 8.25. The van der Waals surface area contributed by atoms with Crippen LogP contribution in [-0.4, -0.2) is 30.6 Å². The van der Waals surface area contributed by atoms with Gasteiger partial charge in [-0.05, 0) is 25.5 Å². The Balaban J connectivity index is 3.02. The molecule has 0 bridgehead atoms.